The van der Waals surface area contributed by atoms with Crippen LogP contribution in [0.4, 0.5) is 11.5 Å². The largest absolute Gasteiger partial charge is 0.389 e. The first-order valence-corrected chi connectivity index (χ1v) is 6.02. The van der Waals surface area contributed by atoms with Crippen molar-refractivity contribution in [3.05, 3.63) is 53.7 Å². The Morgan fingerprint density at radius 2 is 2.00 bits per heavy atom. The van der Waals surface area contributed by atoms with Gasteiger partial charge < -0.3 is 10.0 Å². The van der Waals surface area contributed by atoms with E-state index in [1.54, 1.807) is 13.1 Å². The third-order valence-electron chi connectivity index (χ3n) is 2.99. The normalized spacial score (nSPS) is 12.2. The lowest BCUT2D eigenvalue weighted by Crippen LogP contribution is -2.11. The number of aliphatic hydroxyl groups is 1. The number of pyridine rings is 1. The molecule has 3 nitrogen and oxygen atoms in total. The van der Waals surface area contributed by atoms with E-state index in [1.165, 1.54) is 5.56 Å². The van der Waals surface area contributed by atoms with Gasteiger partial charge in [0, 0.05) is 18.9 Å². The van der Waals surface area contributed by atoms with E-state index in [-0.39, 0.29) is 0 Å². The Balaban J connectivity index is 2.26. The van der Waals surface area contributed by atoms with Crippen LogP contribution in [0.15, 0.2) is 42.6 Å². The van der Waals surface area contributed by atoms with Crippen LogP contribution >= 0.6 is 0 Å². The fourth-order valence-electron chi connectivity index (χ4n) is 1.81. The number of hydrogen-bond acceptors (Lipinski definition) is 3. The van der Waals surface area contributed by atoms with Crippen LogP contribution in [0.5, 0.6) is 0 Å². The minimum absolute atomic E-state index is 0.476. The molecule has 0 aliphatic rings. The molecule has 3 heteroatoms. The van der Waals surface area contributed by atoms with Gasteiger partial charge in [-0.05, 0) is 43.2 Å². The molecule has 1 aromatic carbocycles. The highest BCUT2D eigenvalue weighted by Gasteiger charge is 2.06. The van der Waals surface area contributed by atoms with Crippen molar-refractivity contribution in [2.24, 2.45) is 0 Å². The minimum Gasteiger partial charge on any atom is -0.389 e. The fraction of sp³-hybridized carbons (Fsp3) is 0.267. The molecule has 0 amide bonds. The van der Waals surface area contributed by atoms with E-state index in [0.29, 0.717) is 0 Å². The van der Waals surface area contributed by atoms with Gasteiger partial charge in [0.2, 0.25) is 0 Å². The summed E-state index contributed by atoms with van der Waals surface area (Å²) in [4.78, 5) is 6.40. The summed E-state index contributed by atoms with van der Waals surface area (Å²) in [6, 6.07) is 12.1. The molecule has 18 heavy (non-hydrogen) atoms. The SMILES string of the molecule is Cc1cccc(N(C)c2ccc([C@@H](C)O)cn2)c1. The van der Waals surface area contributed by atoms with Crippen LogP contribution < -0.4 is 4.90 Å². The van der Waals surface area contributed by atoms with Gasteiger partial charge in [-0.1, -0.05) is 18.2 Å². The Bertz CT molecular complexity index is 520. The maximum absolute atomic E-state index is 9.45. The summed E-state index contributed by atoms with van der Waals surface area (Å²) in [5, 5.41) is 9.45. The summed E-state index contributed by atoms with van der Waals surface area (Å²) < 4.78 is 0. The molecule has 0 bridgehead atoms. The average molecular weight is 242 g/mol. The predicted octanol–water partition coefficient (Wildman–Crippen LogP) is 3.21. The van der Waals surface area contributed by atoms with E-state index in [9.17, 15) is 5.11 Å². The van der Waals surface area contributed by atoms with Crippen molar-refractivity contribution in [2.75, 3.05) is 11.9 Å². The van der Waals surface area contributed by atoms with Crippen LogP contribution in [0.3, 0.4) is 0 Å². The topological polar surface area (TPSA) is 36.4 Å². The molecule has 1 atom stereocenters. The number of benzene rings is 1. The van der Waals surface area contributed by atoms with E-state index in [2.05, 4.69) is 30.1 Å². The third-order valence-corrected chi connectivity index (χ3v) is 2.99. The number of aromatic nitrogens is 1. The van der Waals surface area contributed by atoms with Gasteiger partial charge in [-0.15, -0.1) is 0 Å². The fourth-order valence-corrected chi connectivity index (χ4v) is 1.81. The van der Waals surface area contributed by atoms with E-state index >= 15 is 0 Å². The minimum atomic E-state index is -0.476. The zero-order chi connectivity index (χ0) is 13.1. The number of nitrogens with zero attached hydrogens (tertiary/aromatic N) is 2. The van der Waals surface area contributed by atoms with Crippen LogP contribution in [-0.2, 0) is 0 Å². The second kappa shape index (κ2) is 5.19. The first-order valence-electron chi connectivity index (χ1n) is 6.02. The number of aliphatic hydroxyl groups excluding tert-OH is 1. The molecule has 1 heterocycles. The van der Waals surface area contributed by atoms with E-state index in [1.807, 2.05) is 30.1 Å². The maximum atomic E-state index is 9.45. The molecule has 1 aromatic heterocycles. The molecule has 0 unspecified atom stereocenters. The summed E-state index contributed by atoms with van der Waals surface area (Å²) >= 11 is 0. The smallest absolute Gasteiger partial charge is 0.132 e. The Hall–Kier alpha value is -1.87. The molecular weight excluding hydrogens is 224 g/mol. The lowest BCUT2D eigenvalue weighted by Gasteiger charge is -2.19. The quantitative estimate of drug-likeness (QED) is 0.897. The van der Waals surface area contributed by atoms with Crippen molar-refractivity contribution in [1.82, 2.24) is 4.98 Å². The van der Waals surface area contributed by atoms with Crippen molar-refractivity contribution in [1.29, 1.82) is 0 Å². The van der Waals surface area contributed by atoms with Crippen LogP contribution in [0.25, 0.3) is 0 Å². The number of rotatable bonds is 3. The van der Waals surface area contributed by atoms with E-state index in [0.717, 1.165) is 17.1 Å². The van der Waals surface area contributed by atoms with Gasteiger partial charge in [-0.2, -0.15) is 0 Å². The Labute approximate surface area is 108 Å². The van der Waals surface area contributed by atoms with Crippen molar-refractivity contribution >= 4 is 11.5 Å². The molecule has 0 saturated heterocycles. The zero-order valence-corrected chi connectivity index (χ0v) is 11.0. The van der Waals surface area contributed by atoms with Gasteiger partial charge in [0.15, 0.2) is 0 Å². The lowest BCUT2D eigenvalue weighted by molar-refractivity contribution is 0.199. The van der Waals surface area contributed by atoms with Crippen LogP contribution in [0.1, 0.15) is 24.2 Å². The second-order valence-electron chi connectivity index (χ2n) is 4.52. The Kier molecular flexibility index (Phi) is 3.63. The molecule has 2 rings (SSSR count). The van der Waals surface area contributed by atoms with Crippen molar-refractivity contribution < 1.29 is 5.11 Å². The van der Waals surface area contributed by atoms with Gasteiger partial charge in [-0.3, -0.25) is 0 Å². The summed E-state index contributed by atoms with van der Waals surface area (Å²) in [6.07, 6.45) is 1.24. The van der Waals surface area contributed by atoms with Crippen molar-refractivity contribution in [3.8, 4) is 0 Å². The average Bonchev–Trinajstić information content (AvgIpc) is 2.38. The van der Waals surface area contributed by atoms with Crippen LogP contribution in [-0.4, -0.2) is 17.1 Å². The van der Waals surface area contributed by atoms with Gasteiger partial charge in [0.05, 0.1) is 6.10 Å². The first kappa shape index (κ1) is 12.6. The number of aryl methyl sites for hydroxylation is 1. The summed E-state index contributed by atoms with van der Waals surface area (Å²) in [5.74, 6) is 0.866. The molecule has 0 fully saturated rings. The Morgan fingerprint density at radius 3 is 2.56 bits per heavy atom. The molecule has 0 aliphatic heterocycles. The van der Waals surface area contributed by atoms with Gasteiger partial charge >= 0.3 is 0 Å². The highest BCUT2D eigenvalue weighted by molar-refractivity contribution is 5.59. The van der Waals surface area contributed by atoms with Gasteiger partial charge in [0.1, 0.15) is 5.82 Å². The monoisotopic (exact) mass is 242 g/mol. The summed E-state index contributed by atoms with van der Waals surface area (Å²) in [7, 11) is 1.99. The lowest BCUT2D eigenvalue weighted by atomic mass is 10.2. The first-order chi connectivity index (χ1) is 8.58. The summed E-state index contributed by atoms with van der Waals surface area (Å²) in [5.41, 5.74) is 3.16. The highest BCUT2D eigenvalue weighted by Crippen LogP contribution is 2.23. The molecule has 0 spiro atoms. The molecular formula is C15H18N2O. The number of anilines is 2. The van der Waals surface area contributed by atoms with Gasteiger partial charge in [0.25, 0.3) is 0 Å². The van der Waals surface area contributed by atoms with Crippen LogP contribution in [0.2, 0.25) is 0 Å². The highest BCUT2D eigenvalue weighted by atomic mass is 16.3. The standard InChI is InChI=1S/C15H18N2O/c1-11-5-4-6-14(9-11)17(3)15-8-7-13(10-16-15)12(2)18/h4-10,12,18H,1-3H3/t12-/m1/s1. The van der Waals surface area contributed by atoms with Crippen molar-refractivity contribution in [2.45, 2.75) is 20.0 Å². The summed E-state index contributed by atoms with van der Waals surface area (Å²) in [6.45, 7) is 3.81. The molecule has 2 aromatic rings. The predicted molar refractivity (Wildman–Crippen MR) is 74.1 cm³/mol. The van der Waals surface area contributed by atoms with E-state index < -0.39 is 6.10 Å². The van der Waals surface area contributed by atoms with Gasteiger partial charge in [-0.25, -0.2) is 4.98 Å². The van der Waals surface area contributed by atoms with Crippen LogP contribution in [0, 0.1) is 6.92 Å². The number of hydrogen-bond donors (Lipinski definition) is 1. The molecule has 0 saturated carbocycles. The van der Waals surface area contributed by atoms with E-state index in [4.69, 9.17) is 0 Å². The molecule has 1 N–H and O–H groups in total. The Morgan fingerprint density at radius 1 is 1.22 bits per heavy atom. The maximum Gasteiger partial charge on any atom is 0.132 e. The third kappa shape index (κ3) is 2.68. The molecule has 0 radical (unpaired) electrons. The zero-order valence-electron chi connectivity index (χ0n) is 11.0. The van der Waals surface area contributed by atoms with Crippen molar-refractivity contribution in [3.63, 3.8) is 0 Å². The molecule has 0 aliphatic carbocycles. The molecule has 94 valence electrons. The second-order valence-corrected chi connectivity index (χ2v) is 4.52.